The van der Waals surface area contributed by atoms with Gasteiger partial charge in [-0.15, -0.1) is 0 Å². The van der Waals surface area contributed by atoms with Crippen molar-refractivity contribution in [1.82, 2.24) is 0 Å². The van der Waals surface area contributed by atoms with Gasteiger partial charge in [0, 0.05) is 6.07 Å². The second-order valence-electron chi connectivity index (χ2n) is 3.10. The molecule has 0 aliphatic carbocycles. The Labute approximate surface area is 106 Å². The molecule has 1 aromatic rings. The van der Waals surface area contributed by atoms with Gasteiger partial charge in [-0.05, 0) is 12.1 Å². The molecule has 6 heteroatoms. The Kier molecular flexibility index (Phi) is 4.96. The number of halogens is 1. The van der Waals surface area contributed by atoms with Crippen molar-refractivity contribution in [2.75, 3.05) is 19.0 Å². The van der Waals surface area contributed by atoms with Crippen LogP contribution in [0.5, 0.6) is 11.5 Å². The lowest BCUT2D eigenvalue weighted by molar-refractivity contribution is -0.139. The number of alkyl halides is 1. The van der Waals surface area contributed by atoms with E-state index in [4.69, 9.17) is 14.6 Å². The molecule has 0 saturated carbocycles. The predicted octanol–water partition coefficient (Wildman–Crippen LogP) is 1.74. The van der Waals surface area contributed by atoms with E-state index in [9.17, 15) is 9.59 Å². The maximum Gasteiger partial charge on any atom is 0.341 e. The summed E-state index contributed by atoms with van der Waals surface area (Å²) in [6.45, 7) is -0.436. The molecule has 0 radical (unpaired) electrons. The van der Waals surface area contributed by atoms with Gasteiger partial charge in [0.1, 0.15) is 11.5 Å². The summed E-state index contributed by atoms with van der Waals surface area (Å²) in [5.41, 5.74) is 0.423. The number of hydrogen-bond acceptors (Lipinski definition) is 4. The van der Waals surface area contributed by atoms with Crippen LogP contribution in [0, 0.1) is 0 Å². The lowest BCUT2D eigenvalue weighted by atomic mass is 10.1. The van der Waals surface area contributed by atoms with E-state index in [1.165, 1.54) is 19.2 Å². The number of carbonyl (C=O) groups excluding carboxylic acids is 1. The molecular formula is C11H11BrO5. The van der Waals surface area contributed by atoms with Gasteiger partial charge < -0.3 is 14.6 Å². The van der Waals surface area contributed by atoms with Gasteiger partial charge in [-0.3, -0.25) is 4.79 Å². The van der Waals surface area contributed by atoms with Crippen LogP contribution >= 0.6 is 15.9 Å². The van der Waals surface area contributed by atoms with E-state index in [1.807, 2.05) is 0 Å². The standard InChI is InChI=1S/C11H11BrO5/c1-16-10-4-7(17-6-11(14)15)2-3-8(10)9(13)5-12/h2-4H,5-6H2,1H3,(H,14,15). The van der Waals surface area contributed by atoms with Crippen molar-refractivity contribution in [2.24, 2.45) is 0 Å². The summed E-state index contributed by atoms with van der Waals surface area (Å²) < 4.78 is 10.0. The van der Waals surface area contributed by atoms with Crippen molar-refractivity contribution in [1.29, 1.82) is 0 Å². The average Bonchev–Trinajstić information content (AvgIpc) is 2.34. The third kappa shape index (κ3) is 3.74. The summed E-state index contributed by atoms with van der Waals surface area (Å²) in [7, 11) is 1.43. The van der Waals surface area contributed by atoms with Crippen LogP contribution in [-0.2, 0) is 4.79 Å². The number of aliphatic carboxylic acids is 1. The molecule has 0 spiro atoms. The van der Waals surface area contributed by atoms with Crippen LogP contribution in [0.25, 0.3) is 0 Å². The molecule has 0 fully saturated rings. The second kappa shape index (κ2) is 6.24. The normalized spacial score (nSPS) is 9.76. The summed E-state index contributed by atoms with van der Waals surface area (Å²) in [5, 5.41) is 8.66. The molecule has 0 heterocycles. The monoisotopic (exact) mass is 302 g/mol. The number of carbonyl (C=O) groups is 2. The first-order valence-corrected chi connectivity index (χ1v) is 5.82. The number of rotatable bonds is 6. The van der Waals surface area contributed by atoms with E-state index >= 15 is 0 Å². The Hall–Kier alpha value is -1.56. The van der Waals surface area contributed by atoms with Crippen LogP contribution in [0.2, 0.25) is 0 Å². The second-order valence-corrected chi connectivity index (χ2v) is 3.66. The van der Waals surface area contributed by atoms with Gasteiger partial charge >= 0.3 is 5.97 Å². The summed E-state index contributed by atoms with van der Waals surface area (Å²) >= 11 is 3.07. The number of methoxy groups -OCH3 is 1. The zero-order valence-corrected chi connectivity index (χ0v) is 10.7. The van der Waals surface area contributed by atoms with Gasteiger partial charge in [-0.1, -0.05) is 15.9 Å². The first-order chi connectivity index (χ1) is 8.08. The van der Waals surface area contributed by atoms with E-state index in [0.29, 0.717) is 17.1 Å². The minimum Gasteiger partial charge on any atom is -0.496 e. The van der Waals surface area contributed by atoms with Gasteiger partial charge in [0.25, 0.3) is 0 Å². The molecular weight excluding hydrogens is 292 g/mol. The molecule has 0 amide bonds. The van der Waals surface area contributed by atoms with Crippen molar-refractivity contribution in [3.05, 3.63) is 23.8 Å². The smallest absolute Gasteiger partial charge is 0.341 e. The number of benzene rings is 1. The fourth-order valence-corrected chi connectivity index (χ4v) is 1.51. The highest BCUT2D eigenvalue weighted by Gasteiger charge is 2.12. The van der Waals surface area contributed by atoms with Gasteiger partial charge in [-0.2, -0.15) is 0 Å². The minimum absolute atomic E-state index is 0.119. The number of carboxylic acid groups (broad SMARTS) is 1. The molecule has 0 aliphatic heterocycles. The van der Waals surface area contributed by atoms with Crippen molar-refractivity contribution in [3.63, 3.8) is 0 Å². The molecule has 0 bridgehead atoms. The predicted molar refractivity (Wildman–Crippen MR) is 64.2 cm³/mol. The van der Waals surface area contributed by atoms with E-state index in [1.54, 1.807) is 6.07 Å². The van der Waals surface area contributed by atoms with Crippen molar-refractivity contribution in [3.8, 4) is 11.5 Å². The van der Waals surface area contributed by atoms with E-state index in [0.717, 1.165) is 0 Å². The number of ketones is 1. The molecule has 0 aliphatic rings. The van der Waals surface area contributed by atoms with Crippen molar-refractivity contribution >= 4 is 27.7 Å². The summed E-state index contributed by atoms with van der Waals surface area (Å²) in [6.07, 6.45) is 0. The molecule has 5 nitrogen and oxygen atoms in total. The topological polar surface area (TPSA) is 72.8 Å². The maximum atomic E-state index is 11.5. The molecule has 1 rings (SSSR count). The highest BCUT2D eigenvalue weighted by Crippen LogP contribution is 2.25. The van der Waals surface area contributed by atoms with Crippen LogP contribution in [0.3, 0.4) is 0 Å². The Morgan fingerprint density at radius 2 is 2.12 bits per heavy atom. The van der Waals surface area contributed by atoms with Crippen molar-refractivity contribution < 1.29 is 24.2 Å². The highest BCUT2D eigenvalue weighted by molar-refractivity contribution is 9.09. The number of carboxylic acids is 1. The number of Topliss-reactive ketones (excluding diaryl/α,β-unsaturated/α-hetero) is 1. The molecule has 0 atom stereocenters. The van der Waals surface area contributed by atoms with E-state index < -0.39 is 12.6 Å². The Morgan fingerprint density at radius 3 is 2.65 bits per heavy atom. The van der Waals surface area contributed by atoms with Gasteiger partial charge in [0.05, 0.1) is 18.0 Å². The fraction of sp³-hybridized carbons (Fsp3) is 0.273. The molecule has 0 unspecified atom stereocenters. The molecule has 0 aromatic heterocycles. The summed E-state index contributed by atoms with van der Waals surface area (Å²) in [5.74, 6) is -0.482. The Bertz CT molecular complexity index is 430. The zero-order valence-electron chi connectivity index (χ0n) is 9.10. The number of ether oxygens (including phenoxy) is 2. The molecule has 0 saturated heterocycles. The zero-order chi connectivity index (χ0) is 12.8. The van der Waals surface area contributed by atoms with Crippen LogP contribution < -0.4 is 9.47 Å². The quantitative estimate of drug-likeness (QED) is 0.640. The third-order valence-electron chi connectivity index (χ3n) is 1.96. The van der Waals surface area contributed by atoms with Gasteiger partial charge in [0.2, 0.25) is 0 Å². The fourth-order valence-electron chi connectivity index (χ4n) is 1.21. The molecule has 1 aromatic carbocycles. The minimum atomic E-state index is -1.07. The Balaban J connectivity index is 2.92. The lowest BCUT2D eigenvalue weighted by Gasteiger charge is -2.09. The SMILES string of the molecule is COc1cc(OCC(=O)O)ccc1C(=O)CBr. The van der Waals surface area contributed by atoms with Crippen LogP contribution in [0.4, 0.5) is 0 Å². The molecule has 92 valence electrons. The van der Waals surface area contributed by atoms with Gasteiger partial charge in [0.15, 0.2) is 12.4 Å². The largest absolute Gasteiger partial charge is 0.496 e. The Morgan fingerprint density at radius 1 is 1.41 bits per heavy atom. The van der Waals surface area contributed by atoms with Crippen LogP contribution in [-0.4, -0.2) is 35.9 Å². The summed E-state index contributed by atoms with van der Waals surface area (Å²) in [4.78, 5) is 21.8. The molecule has 17 heavy (non-hydrogen) atoms. The van der Waals surface area contributed by atoms with E-state index in [-0.39, 0.29) is 11.1 Å². The van der Waals surface area contributed by atoms with E-state index in [2.05, 4.69) is 15.9 Å². The van der Waals surface area contributed by atoms with Crippen LogP contribution in [0.1, 0.15) is 10.4 Å². The first-order valence-electron chi connectivity index (χ1n) is 4.70. The number of hydrogen-bond donors (Lipinski definition) is 1. The van der Waals surface area contributed by atoms with Crippen molar-refractivity contribution in [2.45, 2.75) is 0 Å². The van der Waals surface area contributed by atoms with Crippen LogP contribution in [0.15, 0.2) is 18.2 Å². The average molecular weight is 303 g/mol. The lowest BCUT2D eigenvalue weighted by Crippen LogP contribution is -2.10. The molecule has 1 N–H and O–H groups in total. The highest BCUT2D eigenvalue weighted by atomic mass is 79.9. The first kappa shape index (κ1) is 13.5. The third-order valence-corrected chi connectivity index (χ3v) is 2.47. The maximum absolute atomic E-state index is 11.5. The summed E-state index contributed by atoms with van der Waals surface area (Å²) in [6, 6.07) is 4.56. The van der Waals surface area contributed by atoms with Gasteiger partial charge in [-0.25, -0.2) is 4.79 Å².